The van der Waals surface area contributed by atoms with Crippen molar-refractivity contribution < 1.29 is 24.1 Å². The molecule has 36 heavy (non-hydrogen) atoms. The van der Waals surface area contributed by atoms with E-state index in [1.807, 2.05) is 0 Å². The summed E-state index contributed by atoms with van der Waals surface area (Å²) >= 11 is 12.2. The lowest BCUT2D eigenvalue weighted by atomic mass is 9.76. The number of hydrogen-bond acceptors (Lipinski definition) is 7. The number of imide groups is 1. The van der Waals surface area contributed by atoms with Crippen LogP contribution in [0.1, 0.15) is 24.0 Å². The number of rotatable bonds is 5. The maximum Gasteiger partial charge on any atom is 0.289 e. The number of carbonyl (C=O) groups is 4. The second-order valence-electron chi connectivity index (χ2n) is 9.02. The van der Waals surface area contributed by atoms with Gasteiger partial charge in [-0.2, -0.15) is 0 Å². The van der Waals surface area contributed by atoms with Crippen LogP contribution in [0.25, 0.3) is 0 Å². The van der Waals surface area contributed by atoms with Crippen LogP contribution in [0.5, 0.6) is 0 Å². The molecule has 2 aromatic rings. The van der Waals surface area contributed by atoms with Gasteiger partial charge in [-0.3, -0.25) is 34.6 Å². The van der Waals surface area contributed by atoms with Gasteiger partial charge in [-0.25, -0.2) is 4.90 Å². The highest BCUT2D eigenvalue weighted by molar-refractivity contribution is 6.33. The second-order valence-corrected chi connectivity index (χ2v) is 9.84. The number of nitrogens with one attached hydrogen (secondary N) is 2. The van der Waals surface area contributed by atoms with Crippen molar-refractivity contribution in [1.82, 2.24) is 5.32 Å². The Morgan fingerprint density at radius 3 is 2.53 bits per heavy atom. The number of hydrogen-bond donors (Lipinski definition) is 3. The Morgan fingerprint density at radius 1 is 1.17 bits per heavy atom. The Kier molecular flexibility index (Phi) is 5.54. The molecule has 4 amide bonds. The molecule has 3 aliphatic heterocycles. The van der Waals surface area contributed by atoms with Gasteiger partial charge in [0.2, 0.25) is 23.6 Å². The van der Waals surface area contributed by atoms with Gasteiger partial charge in [-0.1, -0.05) is 29.3 Å². The zero-order valence-electron chi connectivity index (χ0n) is 18.7. The number of nitro groups is 1. The molecule has 4 atom stereocenters. The van der Waals surface area contributed by atoms with Crippen molar-refractivity contribution in [3.8, 4) is 0 Å². The summed E-state index contributed by atoms with van der Waals surface area (Å²) in [4.78, 5) is 64.2. The van der Waals surface area contributed by atoms with Crippen LogP contribution in [0.2, 0.25) is 10.0 Å². The van der Waals surface area contributed by atoms with Crippen LogP contribution in [-0.2, 0) is 24.7 Å². The standard InChI is InChI=1S/C23H19Cl2N5O6/c1-9-12(24)5-3-11-19(9)27-22(34)23(11)18-17(14(28-23)6-7-16(26)31)20(32)29(21(18)33)10-2-4-13(25)15(8-10)30(35)36/h2-5,8,14,17-18,28H,6-7H2,1H3,(H2,26,31)(H,27,34)/t14-,17+,18-,23-/m1/s1. The second kappa shape index (κ2) is 8.26. The van der Waals surface area contributed by atoms with E-state index in [4.69, 9.17) is 28.9 Å². The van der Waals surface area contributed by atoms with E-state index in [-0.39, 0.29) is 23.6 Å². The zero-order chi connectivity index (χ0) is 26.1. The van der Waals surface area contributed by atoms with Gasteiger partial charge in [0.05, 0.1) is 28.1 Å². The highest BCUT2D eigenvalue weighted by atomic mass is 35.5. The van der Waals surface area contributed by atoms with Crippen molar-refractivity contribution in [2.24, 2.45) is 17.6 Å². The lowest BCUT2D eigenvalue weighted by molar-refractivity contribution is -0.384. The van der Waals surface area contributed by atoms with E-state index in [1.54, 1.807) is 19.1 Å². The average molecular weight is 532 g/mol. The number of primary amides is 1. The quantitative estimate of drug-likeness (QED) is 0.302. The van der Waals surface area contributed by atoms with Crippen molar-refractivity contribution >= 4 is 63.9 Å². The van der Waals surface area contributed by atoms with Crippen LogP contribution in [0, 0.1) is 28.9 Å². The van der Waals surface area contributed by atoms with Crippen molar-refractivity contribution in [2.75, 3.05) is 10.2 Å². The van der Waals surface area contributed by atoms with Gasteiger partial charge in [-0.05, 0) is 37.1 Å². The van der Waals surface area contributed by atoms with Gasteiger partial charge >= 0.3 is 0 Å². The third kappa shape index (κ3) is 3.23. The molecule has 186 valence electrons. The fourth-order valence-electron chi connectivity index (χ4n) is 5.57. The monoisotopic (exact) mass is 531 g/mol. The first-order valence-corrected chi connectivity index (χ1v) is 11.7. The number of carbonyl (C=O) groups excluding carboxylic acids is 4. The normalized spacial score (nSPS) is 26.4. The number of halogens is 2. The van der Waals surface area contributed by atoms with E-state index >= 15 is 0 Å². The summed E-state index contributed by atoms with van der Waals surface area (Å²) in [7, 11) is 0. The molecule has 0 aromatic heterocycles. The molecular formula is C23H19Cl2N5O6. The minimum absolute atomic E-state index is 0.0368. The predicted molar refractivity (Wildman–Crippen MR) is 129 cm³/mol. The van der Waals surface area contributed by atoms with Crippen LogP contribution in [0.15, 0.2) is 30.3 Å². The summed E-state index contributed by atoms with van der Waals surface area (Å²) in [6.45, 7) is 1.72. The van der Waals surface area contributed by atoms with E-state index in [9.17, 15) is 29.3 Å². The molecule has 13 heteroatoms. The van der Waals surface area contributed by atoms with Gasteiger partial charge in [0.1, 0.15) is 10.6 Å². The van der Waals surface area contributed by atoms with E-state index in [0.717, 1.165) is 11.0 Å². The molecular weight excluding hydrogens is 513 g/mol. The Bertz CT molecular complexity index is 1400. The molecule has 0 unspecified atom stereocenters. The molecule has 0 aliphatic carbocycles. The molecule has 2 aromatic carbocycles. The Hall–Kier alpha value is -3.54. The molecule has 0 bridgehead atoms. The van der Waals surface area contributed by atoms with Crippen molar-refractivity contribution in [3.05, 3.63) is 61.6 Å². The fourth-order valence-corrected chi connectivity index (χ4v) is 5.91. The largest absolute Gasteiger partial charge is 0.370 e. The van der Waals surface area contributed by atoms with Crippen LogP contribution in [-0.4, -0.2) is 34.6 Å². The molecule has 3 heterocycles. The zero-order valence-corrected chi connectivity index (χ0v) is 20.2. The van der Waals surface area contributed by atoms with Crippen LogP contribution in [0.3, 0.4) is 0 Å². The maximum atomic E-state index is 13.9. The van der Waals surface area contributed by atoms with Gasteiger partial charge in [0.25, 0.3) is 5.69 Å². The van der Waals surface area contributed by atoms with Gasteiger partial charge < -0.3 is 11.1 Å². The number of nitro benzene ring substituents is 1. The summed E-state index contributed by atoms with van der Waals surface area (Å²) in [5.74, 6) is -4.70. The third-order valence-corrected chi connectivity index (χ3v) is 7.90. The number of fused-ring (bicyclic) bond motifs is 4. The highest BCUT2D eigenvalue weighted by Crippen LogP contribution is 2.55. The summed E-state index contributed by atoms with van der Waals surface area (Å²) in [6.07, 6.45) is 0.0139. The first-order chi connectivity index (χ1) is 17.0. The lowest BCUT2D eigenvalue weighted by Crippen LogP contribution is -2.53. The van der Waals surface area contributed by atoms with Crippen molar-refractivity contribution in [2.45, 2.75) is 31.3 Å². The van der Waals surface area contributed by atoms with Gasteiger partial charge in [-0.15, -0.1) is 0 Å². The van der Waals surface area contributed by atoms with Crippen LogP contribution in [0.4, 0.5) is 17.1 Å². The minimum Gasteiger partial charge on any atom is -0.370 e. The topological polar surface area (TPSA) is 165 Å². The fraction of sp³-hybridized carbons (Fsp3) is 0.304. The number of nitrogens with zero attached hydrogens (tertiary/aromatic N) is 2. The molecule has 5 rings (SSSR count). The number of amides is 4. The van der Waals surface area contributed by atoms with Gasteiger partial charge in [0.15, 0.2) is 0 Å². The Balaban J connectivity index is 1.67. The predicted octanol–water partition coefficient (Wildman–Crippen LogP) is 2.40. The molecule has 3 aliphatic rings. The molecule has 2 fully saturated rings. The maximum absolute atomic E-state index is 13.9. The molecule has 2 saturated heterocycles. The Labute approximate surface area is 214 Å². The van der Waals surface area contributed by atoms with E-state index in [0.29, 0.717) is 21.8 Å². The smallest absolute Gasteiger partial charge is 0.289 e. The van der Waals surface area contributed by atoms with Crippen LogP contribution >= 0.6 is 23.2 Å². The Morgan fingerprint density at radius 2 is 1.86 bits per heavy atom. The first kappa shape index (κ1) is 24.2. The van der Waals surface area contributed by atoms with Gasteiger partial charge in [0, 0.05) is 29.1 Å². The first-order valence-electron chi connectivity index (χ1n) is 11.0. The van der Waals surface area contributed by atoms with E-state index < -0.39 is 57.7 Å². The molecule has 0 radical (unpaired) electrons. The SMILES string of the molecule is Cc1c(Cl)ccc2c1NC(=O)[C@@]21N[C@H](CCC(N)=O)[C@@H]2C(=O)N(c3ccc(Cl)c([N+](=O)[O-])c3)C(=O)[C@@H]21. The number of nitrogens with two attached hydrogens (primary N) is 1. The third-order valence-electron chi connectivity index (χ3n) is 7.17. The van der Waals surface area contributed by atoms with E-state index in [1.165, 1.54) is 12.1 Å². The molecule has 0 saturated carbocycles. The number of benzene rings is 2. The highest BCUT2D eigenvalue weighted by Gasteiger charge is 2.70. The van der Waals surface area contributed by atoms with Crippen LogP contribution < -0.4 is 21.3 Å². The summed E-state index contributed by atoms with van der Waals surface area (Å²) in [5, 5.41) is 17.6. The summed E-state index contributed by atoms with van der Waals surface area (Å²) < 4.78 is 0. The van der Waals surface area contributed by atoms with Crippen molar-refractivity contribution in [1.29, 1.82) is 0 Å². The number of anilines is 2. The van der Waals surface area contributed by atoms with E-state index in [2.05, 4.69) is 10.6 Å². The lowest BCUT2D eigenvalue weighted by Gasteiger charge is -2.29. The van der Waals surface area contributed by atoms with Crippen molar-refractivity contribution in [3.63, 3.8) is 0 Å². The summed E-state index contributed by atoms with van der Waals surface area (Å²) in [5.41, 5.74) is 4.70. The molecule has 11 nitrogen and oxygen atoms in total. The molecule has 4 N–H and O–H groups in total. The average Bonchev–Trinajstić information content (AvgIpc) is 3.40. The molecule has 1 spiro atoms. The summed E-state index contributed by atoms with van der Waals surface area (Å²) in [6, 6.07) is 6.08. The minimum atomic E-state index is -1.61.